The van der Waals surface area contributed by atoms with Gasteiger partial charge in [0, 0.05) is 4.47 Å². The molecule has 1 unspecified atom stereocenters. The molecule has 3 heteroatoms. The highest BCUT2D eigenvalue weighted by Gasteiger charge is 2.16. The van der Waals surface area contributed by atoms with Crippen LogP contribution >= 0.6 is 27.5 Å². The second-order valence-electron chi connectivity index (χ2n) is 4.76. The average molecular weight is 356 g/mol. The summed E-state index contributed by atoms with van der Waals surface area (Å²) >= 11 is 9.98. The summed E-state index contributed by atoms with van der Waals surface area (Å²) in [7, 11) is 0. The zero-order chi connectivity index (χ0) is 14.7. The molecular formula is C17H17BrClF. The fraction of sp³-hybridized carbons (Fsp3) is 0.294. The Bertz CT molecular complexity index is 610. The molecule has 0 aliphatic rings. The third kappa shape index (κ3) is 3.24. The molecule has 0 heterocycles. The minimum atomic E-state index is -0.351. The van der Waals surface area contributed by atoms with E-state index in [1.807, 2.05) is 6.07 Å². The Morgan fingerprint density at radius 2 is 1.75 bits per heavy atom. The fourth-order valence-electron chi connectivity index (χ4n) is 2.37. The van der Waals surface area contributed by atoms with Crippen molar-refractivity contribution in [1.29, 1.82) is 0 Å². The van der Waals surface area contributed by atoms with Gasteiger partial charge in [-0.15, -0.1) is 11.6 Å². The Morgan fingerprint density at radius 3 is 2.40 bits per heavy atom. The lowest BCUT2D eigenvalue weighted by molar-refractivity contribution is 0.625. The molecular weight excluding hydrogens is 339 g/mol. The van der Waals surface area contributed by atoms with Crippen LogP contribution < -0.4 is 0 Å². The molecule has 0 N–H and O–H groups in total. The number of rotatable bonds is 4. The smallest absolute Gasteiger partial charge is 0.123 e. The lowest BCUT2D eigenvalue weighted by Crippen LogP contribution is -1.99. The first-order valence-electron chi connectivity index (χ1n) is 6.77. The van der Waals surface area contributed by atoms with Crippen LogP contribution in [0.2, 0.25) is 0 Å². The van der Waals surface area contributed by atoms with Crippen molar-refractivity contribution in [1.82, 2.24) is 0 Å². The average Bonchev–Trinajstić information content (AvgIpc) is 2.48. The van der Waals surface area contributed by atoms with Crippen LogP contribution in [0.25, 0.3) is 0 Å². The van der Waals surface area contributed by atoms with Gasteiger partial charge in [0.25, 0.3) is 0 Å². The summed E-state index contributed by atoms with van der Waals surface area (Å²) in [5.74, 6) is -0.269. The molecule has 0 radical (unpaired) electrons. The first-order valence-corrected chi connectivity index (χ1v) is 8.00. The van der Waals surface area contributed by atoms with E-state index in [4.69, 9.17) is 11.6 Å². The van der Waals surface area contributed by atoms with Gasteiger partial charge in [-0.2, -0.15) is 0 Å². The molecule has 0 aliphatic carbocycles. The van der Waals surface area contributed by atoms with E-state index in [9.17, 15) is 4.39 Å². The van der Waals surface area contributed by atoms with Crippen molar-refractivity contribution in [3.05, 3.63) is 68.9 Å². The maximum absolute atomic E-state index is 13.4. The first-order chi connectivity index (χ1) is 9.56. The van der Waals surface area contributed by atoms with Gasteiger partial charge in [0.05, 0.1) is 5.38 Å². The first kappa shape index (κ1) is 15.5. The molecule has 0 bridgehead atoms. The van der Waals surface area contributed by atoms with E-state index in [1.54, 1.807) is 6.07 Å². The Hall–Kier alpha value is -0.860. The summed E-state index contributed by atoms with van der Waals surface area (Å²) in [5.41, 5.74) is 4.42. The molecule has 1 atom stereocenters. The van der Waals surface area contributed by atoms with Crippen molar-refractivity contribution < 1.29 is 4.39 Å². The predicted molar refractivity (Wildman–Crippen MR) is 87.0 cm³/mol. The number of aryl methyl sites for hydroxylation is 2. The number of hydrogen-bond donors (Lipinski definition) is 0. The molecule has 0 spiro atoms. The van der Waals surface area contributed by atoms with E-state index in [0.717, 1.165) is 28.4 Å². The van der Waals surface area contributed by atoms with Crippen LogP contribution in [-0.2, 0) is 12.8 Å². The minimum Gasteiger partial charge on any atom is -0.207 e. The van der Waals surface area contributed by atoms with Crippen LogP contribution in [0.5, 0.6) is 0 Å². The summed E-state index contributed by atoms with van der Waals surface area (Å²) in [4.78, 5) is 0. The van der Waals surface area contributed by atoms with Gasteiger partial charge in [-0.25, -0.2) is 4.39 Å². The maximum Gasteiger partial charge on any atom is 0.123 e. The van der Waals surface area contributed by atoms with Crippen LogP contribution in [0.4, 0.5) is 4.39 Å². The van der Waals surface area contributed by atoms with Crippen molar-refractivity contribution in [3.8, 4) is 0 Å². The largest absolute Gasteiger partial charge is 0.207 e. The molecule has 0 nitrogen and oxygen atoms in total. The molecule has 0 aromatic heterocycles. The highest BCUT2D eigenvalue weighted by Crippen LogP contribution is 2.35. The quantitative estimate of drug-likeness (QED) is 0.586. The van der Waals surface area contributed by atoms with Crippen LogP contribution in [0.15, 0.2) is 40.9 Å². The van der Waals surface area contributed by atoms with Crippen LogP contribution in [-0.4, -0.2) is 0 Å². The van der Waals surface area contributed by atoms with E-state index >= 15 is 0 Å². The van der Waals surface area contributed by atoms with E-state index in [0.29, 0.717) is 0 Å². The Kier molecular flexibility index (Phi) is 5.22. The third-order valence-corrected chi connectivity index (χ3v) is 4.73. The summed E-state index contributed by atoms with van der Waals surface area (Å²) in [6.07, 6.45) is 1.99. The SMILES string of the molecule is CCc1ccc(C(Cl)c2cc(F)ccc2Br)cc1CC. The van der Waals surface area contributed by atoms with Crippen molar-refractivity contribution in [2.45, 2.75) is 32.1 Å². The molecule has 0 saturated heterocycles. The number of benzene rings is 2. The highest BCUT2D eigenvalue weighted by atomic mass is 79.9. The number of halogens is 3. The van der Waals surface area contributed by atoms with Gasteiger partial charge >= 0.3 is 0 Å². The van der Waals surface area contributed by atoms with Crippen molar-refractivity contribution in [2.75, 3.05) is 0 Å². The zero-order valence-electron chi connectivity index (χ0n) is 11.6. The monoisotopic (exact) mass is 354 g/mol. The lowest BCUT2D eigenvalue weighted by Gasteiger charge is -2.15. The maximum atomic E-state index is 13.4. The molecule has 0 fully saturated rings. The van der Waals surface area contributed by atoms with E-state index in [1.165, 1.54) is 23.3 Å². The van der Waals surface area contributed by atoms with Gasteiger partial charge in [-0.05, 0) is 53.3 Å². The van der Waals surface area contributed by atoms with Crippen molar-refractivity contribution in [3.63, 3.8) is 0 Å². The molecule has 0 saturated carbocycles. The molecule has 0 aliphatic heterocycles. The van der Waals surface area contributed by atoms with E-state index in [2.05, 4.69) is 41.9 Å². The number of hydrogen-bond acceptors (Lipinski definition) is 0. The zero-order valence-corrected chi connectivity index (χ0v) is 13.9. The second kappa shape index (κ2) is 6.73. The standard InChI is InChI=1S/C17H17BrClF/c1-3-11-5-6-13(9-12(11)4-2)17(19)15-10-14(20)7-8-16(15)18/h5-10,17H,3-4H2,1-2H3. The lowest BCUT2D eigenvalue weighted by atomic mass is 9.96. The molecule has 2 aromatic carbocycles. The highest BCUT2D eigenvalue weighted by molar-refractivity contribution is 9.10. The fourth-order valence-corrected chi connectivity index (χ4v) is 3.29. The molecule has 0 amide bonds. The Balaban J connectivity index is 2.42. The van der Waals surface area contributed by atoms with Crippen LogP contribution in [0, 0.1) is 5.82 Å². The van der Waals surface area contributed by atoms with Gasteiger partial charge < -0.3 is 0 Å². The number of alkyl halides is 1. The molecule has 2 aromatic rings. The third-order valence-electron chi connectivity index (χ3n) is 3.52. The molecule has 2 rings (SSSR count). The van der Waals surface area contributed by atoms with Gasteiger partial charge in [-0.3, -0.25) is 0 Å². The van der Waals surface area contributed by atoms with Gasteiger partial charge in [-0.1, -0.05) is 48.0 Å². The predicted octanol–water partition coefficient (Wildman–Crippen LogP) is 6.04. The topological polar surface area (TPSA) is 0 Å². The normalized spacial score (nSPS) is 12.4. The molecule has 106 valence electrons. The van der Waals surface area contributed by atoms with Crippen LogP contribution in [0.3, 0.4) is 0 Å². The molecule has 20 heavy (non-hydrogen) atoms. The second-order valence-corrected chi connectivity index (χ2v) is 6.05. The van der Waals surface area contributed by atoms with E-state index in [-0.39, 0.29) is 11.2 Å². The Labute approximate surface area is 133 Å². The van der Waals surface area contributed by atoms with Crippen molar-refractivity contribution >= 4 is 27.5 Å². The van der Waals surface area contributed by atoms with Crippen LogP contribution in [0.1, 0.15) is 41.5 Å². The summed E-state index contributed by atoms with van der Waals surface area (Å²) < 4.78 is 14.2. The van der Waals surface area contributed by atoms with E-state index < -0.39 is 0 Å². The van der Waals surface area contributed by atoms with Gasteiger partial charge in [0.15, 0.2) is 0 Å². The summed E-state index contributed by atoms with van der Waals surface area (Å²) in [6, 6.07) is 10.9. The summed E-state index contributed by atoms with van der Waals surface area (Å²) in [5, 5.41) is -0.351. The Morgan fingerprint density at radius 1 is 1.05 bits per heavy atom. The van der Waals surface area contributed by atoms with Crippen molar-refractivity contribution in [2.24, 2.45) is 0 Å². The minimum absolute atomic E-state index is 0.269. The summed E-state index contributed by atoms with van der Waals surface area (Å²) in [6.45, 7) is 4.29. The van der Waals surface area contributed by atoms with Gasteiger partial charge in [0.2, 0.25) is 0 Å². The van der Waals surface area contributed by atoms with Gasteiger partial charge in [0.1, 0.15) is 5.82 Å².